The molecule has 1 aromatic heterocycles. The number of pyridine rings is 1. The van der Waals surface area contributed by atoms with Crippen molar-refractivity contribution in [3.05, 3.63) is 52.8 Å². The van der Waals surface area contributed by atoms with E-state index in [1.54, 1.807) is 36.7 Å². The maximum Gasteiger partial charge on any atom is 0.145 e. The van der Waals surface area contributed by atoms with Gasteiger partial charge in [0.05, 0.1) is 11.8 Å². The van der Waals surface area contributed by atoms with Crippen LogP contribution in [0, 0.1) is 11.3 Å². The fourth-order valence-corrected chi connectivity index (χ4v) is 1.64. The summed E-state index contributed by atoms with van der Waals surface area (Å²) in [5.74, 6) is 1.33. The van der Waals surface area contributed by atoms with Gasteiger partial charge < -0.3 is 4.74 Å². The van der Waals surface area contributed by atoms with Crippen LogP contribution < -0.4 is 4.74 Å². The molecule has 16 heavy (non-hydrogen) atoms. The second-order valence-corrected chi connectivity index (χ2v) is 3.90. The van der Waals surface area contributed by atoms with E-state index >= 15 is 0 Å². The minimum Gasteiger partial charge on any atom is -0.456 e. The molecule has 0 amide bonds. The lowest BCUT2D eigenvalue weighted by molar-refractivity contribution is 0.480. The number of benzene rings is 1. The van der Waals surface area contributed by atoms with Gasteiger partial charge in [-0.2, -0.15) is 5.26 Å². The molecule has 0 bridgehead atoms. The van der Waals surface area contributed by atoms with Crippen molar-refractivity contribution in [2.75, 3.05) is 0 Å². The summed E-state index contributed by atoms with van der Waals surface area (Å²) in [6, 6.07) is 10.9. The Labute approximate surface area is 101 Å². The normalized spacial score (nSPS) is 9.50. The summed E-state index contributed by atoms with van der Waals surface area (Å²) >= 11 is 3.30. The van der Waals surface area contributed by atoms with Crippen LogP contribution in [0.2, 0.25) is 0 Å². The Bertz CT molecular complexity index is 534. The minimum absolute atomic E-state index is 0.582. The predicted octanol–water partition coefficient (Wildman–Crippen LogP) is 3.51. The molecule has 0 aliphatic heterocycles. The third-order valence-electron chi connectivity index (χ3n) is 1.93. The van der Waals surface area contributed by atoms with E-state index in [0.29, 0.717) is 17.1 Å². The lowest BCUT2D eigenvalue weighted by Gasteiger charge is -2.05. The van der Waals surface area contributed by atoms with Crippen LogP contribution in [0.25, 0.3) is 0 Å². The minimum atomic E-state index is 0.582. The molecular formula is C12H7BrN2O. The van der Waals surface area contributed by atoms with Gasteiger partial charge in [0.25, 0.3) is 0 Å². The summed E-state index contributed by atoms with van der Waals surface area (Å²) in [4.78, 5) is 3.95. The first-order valence-corrected chi connectivity index (χ1v) is 5.36. The number of hydrogen-bond donors (Lipinski definition) is 0. The van der Waals surface area contributed by atoms with E-state index in [2.05, 4.69) is 27.0 Å². The zero-order valence-corrected chi connectivity index (χ0v) is 9.81. The summed E-state index contributed by atoms with van der Waals surface area (Å²) in [5, 5.41) is 8.77. The van der Waals surface area contributed by atoms with Gasteiger partial charge in [0.15, 0.2) is 0 Å². The van der Waals surface area contributed by atoms with Crippen LogP contribution in [0.15, 0.2) is 47.2 Å². The summed E-state index contributed by atoms with van der Waals surface area (Å²) in [6.45, 7) is 0. The second kappa shape index (κ2) is 4.77. The fraction of sp³-hybridized carbons (Fsp3) is 0. The Kier molecular flexibility index (Phi) is 3.18. The summed E-state index contributed by atoms with van der Waals surface area (Å²) in [5.41, 5.74) is 0.582. The Morgan fingerprint density at radius 1 is 1.25 bits per heavy atom. The molecule has 78 valence electrons. The predicted molar refractivity (Wildman–Crippen MR) is 63.2 cm³/mol. The zero-order chi connectivity index (χ0) is 11.4. The number of rotatable bonds is 2. The van der Waals surface area contributed by atoms with Gasteiger partial charge in [0.1, 0.15) is 17.6 Å². The van der Waals surface area contributed by atoms with E-state index in [1.807, 2.05) is 6.07 Å². The molecule has 0 N–H and O–H groups in total. The van der Waals surface area contributed by atoms with Gasteiger partial charge in [-0.15, -0.1) is 0 Å². The highest BCUT2D eigenvalue weighted by Gasteiger charge is 2.02. The van der Waals surface area contributed by atoms with Crippen molar-refractivity contribution in [1.29, 1.82) is 5.26 Å². The van der Waals surface area contributed by atoms with Crippen LogP contribution >= 0.6 is 15.9 Å². The van der Waals surface area contributed by atoms with Crippen molar-refractivity contribution in [3.63, 3.8) is 0 Å². The van der Waals surface area contributed by atoms with E-state index in [-0.39, 0.29) is 0 Å². The van der Waals surface area contributed by atoms with E-state index in [9.17, 15) is 0 Å². The van der Waals surface area contributed by atoms with Crippen molar-refractivity contribution in [2.24, 2.45) is 0 Å². The van der Waals surface area contributed by atoms with Gasteiger partial charge >= 0.3 is 0 Å². The topological polar surface area (TPSA) is 45.9 Å². The quantitative estimate of drug-likeness (QED) is 0.842. The van der Waals surface area contributed by atoms with Crippen LogP contribution in [-0.4, -0.2) is 4.98 Å². The van der Waals surface area contributed by atoms with Crippen molar-refractivity contribution in [2.45, 2.75) is 0 Å². The average Bonchev–Trinajstić information content (AvgIpc) is 2.31. The zero-order valence-electron chi connectivity index (χ0n) is 8.22. The van der Waals surface area contributed by atoms with E-state index < -0.39 is 0 Å². The second-order valence-electron chi connectivity index (χ2n) is 3.04. The van der Waals surface area contributed by atoms with Crippen LogP contribution in [0.5, 0.6) is 11.5 Å². The van der Waals surface area contributed by atoms with Crippen LogP contribution in [0.1, 0.15) is 5.56 Å². The van der Waals surface area contributed by atoms with Crippen molar-refractivity contribution >= 4 is 15.9 Å². The molecule has 0 spiro atoms. The molecule has 0 fully saturated rings. The van der Waals surface area contributed by atoms with Crippen molar-refractivity contribution < 1.29 is 4.74 Å². The molecule has 4 heteroatoms. The summed E-state index contributed by atoms with van der Waals surface area (Å²) in [6.07, 6.45) is 3.31. The average molecular weight is 275 g/mol. The summed E-state index contributed by atoms with van der Waals surface area (Å²) in [7, 11) is 0. The smallest absolute Gasteiger partial charge is 0.145 e. The van der Waals surface area contributed by atoms with Crippen LogP contribution in [0.4, 0.5) is 0 Å². The van der Waals surface area contributed by atoms with Gasteiger partial charge in [-0.1, -0.05) is 0 Å². The SMILES string of the molecule is N#Cc1ccc(Oc2cccnc2)cc1Br. The number of nitrogens with zero attached hydrogens (tertiary/aromatic N) is 2. The van der Waals surface area contributed by atoms with Gasteiger partial charge in [0, 0.05) is 10.7 Å². The number of nitriles is 1. The van der Waals surface area contributed by atoms with Gasteiger partial charge in [-0.3, -0.25) is 4.98 Å². The first-order chi connectivity index (χ1) is 7.79. The fourth-order valence-electron chi connectivity index (χ4n) is 1.19. The van der Waals surface area contributed by atoms with Crippen molar-refractivity contribution in [3.8, 4) is 17.6 Å². The molecule has 3 nitrogen and oxygen atoms in total. The van der Waals surface area contributed by atoms with E-state index in [0.717, 1.165) is 4.47 Å². The monoisotopic (exact) mass is 274 g/mol. The molecule has 0 aliphatic carbocycles. The van der Waals surface area contributed by atoms with Crippen LogP contribution in [0.3, 0.4) is 0 Å². The first-order valence-electron chi connectivity index (χ1n) is 4.57. The first kappa shape index (κ1) is 10.7. The molecule has 1 heterocycles. The molecule has 0 unspecified atom stereocenters. The molecular weight excluding hydrogens is 268 g/mol. The molecule has 1 aromatic carbocycles. The lowest BCUT2D eigenvalue weighted by atomic mass is 10.2. The van der Waals surface area contributed by atoms with Gasteiger partial charge in [0.2, 0.25) is 0 Å². The van der Waals surface area contributed by atoms with Crippen LogP contribution in [-0.2, 0) is 0 Å². The molecule has 2 rings (SSSR count). The Morgan fingerprint density at radius 3 is 2.75 bits per heavy atom. The highest BCUT2D eigenvalue weighted by atomic mass is 79.9. The number of halogens is 1. The molecule has 0 aliphatic rings. The molecule has 0 radical (unpaired) electrons. The van der Waals surface area contributed by atoms with Gasteiger partial charge in [-0.25, -0.2) is 0 Å². The van der Waals surface area contributed by atoms with E-state index in [4.69, 9.17) is 10.00 Å². The molecule has 0 saturated carbocycles. The highest BCUT2D eigenvalue weighted by Crippen LogP contribution is 2.26. The highest BCUT2D eigenvalue weighted by molar-refractivity contribution is 9.10. The number of hydrogen-bond acceptors (Lipinski definition) is 3. The Hall–Kier alpha value is -1.86. The molecule has 0 atom stereocenters. The van der Waals surface area contributed by atoms with Gasteiger partial charge in [-0.05, 0) is 46.3 Å². The summed E-state index contributed by atoms with van der Waals surface area (Å²) < 4.78 is 6.28. The lowest BCUT2D eigenvalue weighted by Crippen LogP contribution is -1.86. The largest absolute Gasteiger partial charge is 0.456 e. The third-order valence-corrected chi connectivity index (χ3v) is 2.59. The number of ether oxygens (including phenoxy) is 1. The molecule has 2 aromatic rings. The maximum atomic E-state index is 8.77. The van der Waals surface area contributed by atoms with Crippen molar-refractivity contribution in [1.82, 2.24) is 4.98 Å². The maximum absolute atomic E-state index is 8.77. The van der Waals surface area contributed by atoms with E-state index in [1.165, 1.54) is 0 Å². The molecule has 0 saturated heterocycles. The standard InChI is InChI=1S/C12H7BrN2O/c13-12-6-10(4-3-9(12)7-14)16-11-2-1-5-15-8-11/h1-6,8H. The number of aromatic nitrogens is 1. The third kappa shape index (κ3) is 2.38. The Balaban J connectivity index is 2.24. The Morgan fingerprint density at radius 2 is 2.12 bits per heavy atom.